The van der Waals surface area contributed by atoms with Crippen molar-refractivity contribution in [2.75, 3.05) is 30.4 Å². The van der Waals surface area contributed by atoms with Crippen LogP contribution >= 0.6 is 0 Å². The molecule has 1 amide bonds. The Kier molecular flexibility index (Phi) is 6.84. The van der Waals surface area contributed by atoms with Crippen LogP contribution in [0.2, 0.25) is 0 Å². The number of aromatic hydroxyl groups is 1. The van der Waals surface area contributed by atoms with Gasteiger partial charge in [-0.05, 0) is 61.9 Å². The molecule has 0 unspecified atom stereocenters. The minimum Gasteiger partial charge on any atom is -0.504 e. The van der Waals surface area contributed by atoms with Crippen molar-refractivity contribution >= 4 is 23.4 Å². The maximum Gasteiger partial charge on any atom is 0.266 e. The monoisotopic (exact) mass is 365 g/mol. The van der Waals surface area contributed by atoms with Crippen molar-refractivity contribution in [3.05, 3.63) is 53.6 Å². The highest BCUT2D eigenvalue weighted by atomic mass is 16.5. The molecule has 0 heterocycles. The number of ether oxygens (including phenoxy) is 1. The van der Waals surface area contributed by atoms with Gasteiger partial charge in [0.05, 0.1) is 7.11 Å². The molecular weight excluding hydrogens is 342 g/mol. The van der Waals surface area contributed by atoms with Crippen LogP contribution in [0.3, 0.4) is 0 Å². The van der Waals surface area contributed by atoms with Gasteiger partial charge < -0.3 is 20.1 Å². The Morgan fingerprint density at radius 3 is 2.44 bits per heavy atom. The molecule has 0 aliphatic heterocycles. The highest BCUT2D eigenvalue weighted by Gasteiger charge is 2.11. The third kappa shape index (κ3) is 5.02. The Morgan fingerprint density at radius 2 is 1.89 bits per heavy atom. The van der Waals surface area contributed by atoms with Crippen LogP contribution in [-0.2, 0) is 4.79 Å². The van der Waals surface area contributed by atoms with Gasteiger partial charge in [-0.2, -0.15) is 5.26 Å². The van der Waals surface area contributed by atoms with Gasteiger partial charge in [0, 0.05) is 24.5 Å². The lowest BCUT2D eigenvalue weighted by Gasteiger charge is -2.21. The van der Waals surface area contributed by atoms with E-state index in [2.05, 4.69) is 24.1 Å². The Balaban J connectivity index is 2.16. The Labute approximate surface area is 159 Å². The zero-order valence-corrected chi connectivity index (χ0v) is 15.7. The molecule has 2 aromatic rings. The minimum absolute atomic E-state index is 0.00842. The average Bonchev–Trinajstić information content (AvgIpc) is 2.69. The van der Waals surface area contributed by atoms with Crippen molar-refractivity contribution < 1.29 is 14.6 Å². The number of anilines is 2. The smallest absolute Gasteiger partial charge is 0.266 e. The van der Waals surface area contributed by atoms with Crippen molar-refractivity contribution in [1.29, 1.82) is 5.26 Å². The molecule has 0 fully saturated rings. The van der Waals surface area contributed by atoms with Crippen molar-refractivity contribution in [3.63, 3.8) is 0 Å². The second kappa shape index (κ2) is 9.30. The molecule has 0 saturated carbocycles. The number of benzene rings is 2. The van der Waals surface area contributed by atoms with E-state index in [1.165, 1.54) is 19.3 Å². The molecule has 6 heteroatoms. The van der Waals surface area contributed by atoms with Crippen molar-refractivity contribution in [2.24, 2.45) is 0 Å². The number of phenols is 1. The van der Waals surface area contributed by atoms with E-state index in [1.54, 1.807) is 12.1 Å². The molecule has 6 nitrogen and oxygen atoms in total. The lowest BCUT2D eigenvalue weighted by Crippen LogP contribution is -2.21. The summed E-state index contributed by atoms with van der Waals surface area (Å²) in [6, 6.07) is 14.0. The first kappa shape index (κ1) is 19.9. The fourth-order valence-electron chi connectivity index (χ4n) is 2.64. The van der Waals surface area contributed by atoms with Crippen molar-refractivity contribution in [2.45, 2.75) is 13.8 Å². The Morgan fingerprint density at radius 1 is 1.22 bits per heavy atom. The van der Waals surface area contributed by atoms with Crippen LogP contribution in [0, 0.1) is 11.3 Å². The second-order valence-electron chi connectivity index (χ2n) is 5.77. The summed E-state index contributed by atoms with van der Waals surface area (Å²) in [7, 11) is 1.43. The van der Waals surface area contributed by atoms with Gasteiger partial charge in [-0.15, -0.1) is 0 Å². The average molecular weight is 365 g/mol. The SMILES string of the molecule is CCN(CC)c1ccc(NC(=O)/C(C#N)=C\c2ccc(O)c(OC)c2)cc1. The van der Waals surface area contributed by atoms with Gasteiger partial charge in [-0.25, -0.2) is 0 Å². The molecule has 0 aromatic heterocycles. The summed E-state index contributed by atoms with van der Waals surface area (Å²) in [5.41, 5.74) is 2.22. The second-order valence-corrected chi connectivity index (χ2v) is 5.77. The predicted molar refractivity (Wildman–Crippen MR) is 107 cm³/mol. The third-order valence-electron chi connectivity index (χ3n) is 4.13. The maximum atomic E-state index is 12.4. The predicted octanol–water partition coefficient (Wildman–Crippen LogP) is 3.79. The number of phenolic OH excluding ortho intramolecular Hbond substituents is 1. The van der Waals surface area contributed by atoms with Crippen LogP contribution in [0.4, 0.5) is 11.4 Å². The molecule has 0 saturated heterocycles. The van der Waals surface area contributed by atoms with E-state index >= 15 is 0 Å². The van der Waals surface area contributed by atoms with E-state index in [-0.39, 0.29) is 17.1 Å². The van der Waals surface area contributed by atoms with E-state index in [9.17, 15) is 15.2 Å². The standard InChI is InChI=1S/C21H23N3O3/c1-4-24(5-2)18-9-7-17(8-10-18)23-21(26)16(14-22)12-15-6-11-19(25)20(13-15)27-3/h6-13,25H,4-5H2,1-3H3,(H,23,26)/b16-12-. The Bertz CT molecular complexity index is 863. The minimum atomic E-state index is -0.500. The molecule has 27 heavy (non-hydrogen) atoms. The first-order chi connectivity index (χ1) is 13.0. The molecule has 2 rings (SSSR count). The van der Waals surface area contributed by atoms with Crippen LogP contribution in [-0.4, -0.2) is 31.2 Å². The molecule has 0 radical (unpaired) electrons. The molecule has 2 N–H and O–H groups in total. The van der Waals surface area contributed by atoms with E-state index in [4.69, 9.17) is 4.74 Å². The largest absolute Gasteiger partial charge is 0.504 e. The number of nitrogens with zero attached hydrogens (tertiary/aromatic N) is 2. The number of methoxy groups -OCH3 is 1. The molecule has 0 spiro atoms. The van der Waals surface area contributed by atoms with Crippen LogP contribution in [0.1, 0.15) is 19.4 Å². The van der Waals surface area contributed by atoms with Gasteiger partial charge in [-0.3, -0.25) is 4.79 Å². The molecule has 2 aromatic carbocycles. The zero-order chi connectivity index (χ0) is 19.8. The van der Waals surface area contributed by atoms with Gasteiger partial charge >= 0.3 is 0 Å². The summed E-state index contributed by atoms with van der Waals surface area (Å²) in [5.74, 6) is -0.237. The molecular formula is C21H23N3O3. The van der Waals surface area contributed by atoms with Gasteiger partial charge in [0.25, 0.3) is 5.91 Å². The summed E-state index contributed by atoms with van der Waals surface area (Å²) in [6.07, 6.45) is 1.45. The summed E-state index contributed by atoms with van der Waals surface area (Å²) in [6.45, 7) is 5.97. The molecule has 0 atom stereocenters. The first-order valence-corrected chi connectivity index (χ1v) is 8.67. The van der Waals surface area contributed by atoms with Gasteiger partial charge in [0.2, 0.25) is 0 Å². The van der Waals surface area contributed by atoms with Gasteiger partial charge in [-0.1, -0.05) is 6.07 Å². The quantitative estimate of drug-likeness (QED) is 0.576. The number of hydrogen-bond donors (Lipinski definition) is 2. The number of carbonyl (C=O) groups is 1. The topological polar surface area (TPSA) is 85.6 Å². The summed E-state index contributed by atoms with van der Waals surface area (Å²) >= 11 is 0. The highest BCUT2D eigenvalue weighted by Crippen LogP contribution is 2.27. The van der Waals surface area contributed by atoms with Crippen LogP contribution in [0.25, 0.3) is 6.08 Å². The number of nitrogens with one attached hydrogen (secondary N) is 1. The molecule has 0 bridgehead atoms. The normalized spacial score (nSPS) is 10.8. The molecule has 0 aliphatic carbocycles. The lowest BCUT2D eigenvalue weighted by molar-refractivity contribution is -0.112. The number of hydrogen-bond acceptors (Lipinski definition) is 5. The number of carbonyl (C=O) groups excluding carboxylic acids is 1. The highest BCUT2D eigenvalue weighted by molar-refractivity contribution is 6.09. The van der Waals surface area contributed by atoms with E-state index in [0.717, 1.165) is 18.8 Å². The zero-order valence-electron chi connectivity index (χ0n) is 15.7. The fourth-order valence-corrected chi connectivity index (χ4v) is 2.64. The van der Waals surface area contributed by atoms with Crippen LogP contribution < -0.4 is 15.0 Å². The van der Waals surface area contributed by atoms with Gasteiger partial charge in [0.1, 0.15) is 11.6 Å². The van der Waals surface area contributed by atoms with Gasteiger partial charge in [0.15, 0.2) is 11.5 Å². The first-order valence-electron chi connectivity index (χ1n) is 8.67. The van der Waals surface area contributed by atoms with E-state index in [1.807, 2.05) is 30.3 Å². The summed E-state index contributed by atoms with van der Waals surface area (Å²) in [5, 5.41) is 21.7. The third-order valence-corrected chi connectivity index (χ3v) is 4.13. The van der Waals surface area contributed by atoms with Crippen molar-refractivity contribution in [3.8, 4) is 17.6 Å². The molecule has 140 valence electrons. The molecule has 0 aliphatic rings. The van der Waals surface area contributed by atoms with E-state index < -0.39 is 5.91 Å². The number of rotatable bonds is 7. The van der Waals surface area contributed by atoms with Crippen LogP contribution in [0.15, 0.2) is 48.0 Å². The summed E-state index contributed by atoms with van der Waals surface area (Å²) in [4.78, 5) is 14.6. The summed E-state index contributed by atoms with van der Waals surface area (Å²) < 4.78 is 5.04. The Hall–Kier alpha value is -3.46. The fraction of sp³-hybridized carbons (Fsp3) is 0.238. The lowest BCUT2D eigenvalue weighted by atomic mass is 10.1. The maximum absolute atomic E-state index is 12.4. The number of amides is 1. The van der Waals surface area contributed by atoms with Crippen molar-refractivity contribution in [1.82, 2.24) is 0 Å². The number of nitriles is 1. The van der Waals surface area contributed by atoms with Crippen LogP contribution in [0.5, 0.6) is 11.5 Å². The van der Waals surface area contributed by atoms with E-state index in [0.29, 0.717) is 11.3 Å².